The van der Waals surface area contributed by atoms with Crippen molar-refractivity contribution in [1.82, 2.24) is 0 Å². The van der Waals surface area contributed by atoms with Crippen LogP contribution in [0.5, 0.6) is 0 Å². The number of carbonyl (C=O) groups excluding carboxylic acids is 1. The lowest BCUT2D eigenvalue weighted by Crippen LogP contribution is -2.28. The Kier molecular flexibility index (Phi) is 4.99. The molecule has 1 amide bonds. The summed E-state index contributed by atoms with van der Waals surface area (Å²) in [6.45, 7) is 2.03. The molecule has 1 aliphatic rings. The van der Waals surface area contributed by atoms with E-state index in [1.54, 1.807) is 0 Å². The van der Waals surface area contributed by atoms with Crippen LogP contribution in [0.2, 0.25) is 0 Å². The van der Waals surface area contributed by atoms with Crippen molar-refractivity contribution in [1.29, 1.82) is 0 Å². The number of carbonyl (C=O) groups is 1. The van der Waals surface area contributed by atoms with E-state index >= 15 is 0 Å². The van der Waals surface area contributed by atoms with Gasteiger partial charge >= 0.3 is 0 Å². The highest BCUT2D eigenvalue weighted by molar-refractivity contribution is 9.10. The van der Waals surface area contributed by atoms with Gasteiger partial charge in [0, 0.05) is 16.9 Å². The summed E-state index contributed by atoms with van der Waals surface area (Å²) in [7, 11) is 0. The maximum absolute atomic E-state index is 12.0. The Balaban J connectivity index is 1.87. The van der Waals surface area contributed by atoms with Crippen LogP contribution in [0, 0.1) is 12.8 Å². The van der Waals surface area contributed by atoms with Gasteiger partial charge in [-0.15, -0.1) is 0 Å². The van der Waals surface area contributed by atoms with Gasteiger partial charge in [0.05, 0.1) is 5.69 Å². The Morgan fingerprint density at radius 1 is 1.37 bits per heavy atom. The molecule has 0 radical (unpaired) electrons. The Labute approximate surface area is 123 Å². The number of rotatable bonds is 3. The summed E-state index contributed by atoms with van der Waals surface area (Å²) >= 11 is 3.48. The van der Waals surface area contributed by atoms with E-state index in [1.165, 1.54) is 5.56 Å². The normalized spacial score (nSPS) is 23.1. The van der Waals surface area contributed by atoms with Crippen molar-refractivity contribution in [3.63, 3.8) is 0 Å². The van der Waals surface area contributed by atoms with Gasteiger partial charge in [0.15, 0.2) is 0 Å². The van der Waals surface area contributed by atoms with E-state index in [0.29, 0.717) is 18.4 Å². The summed E-state index contributed by atoms with van der Waals surface area (Å²) in [6.07, 6.45) is 4.85. The van der Waals surface area contributed by atoms with Gasteiger partial charge in [-0.3, -0.25) is 4.79 Å². The predicted octanol–water partition coefficient (Wildman–Crippen LogP) is 3.60. The van der Waals surface area contributed by atoms with Crippen molar-refractivity contribution >= 4 is 27.5 Å². The fraction of sp³-hybridized carbons (Fsp3) is 0.533. The zero-order valence-electron chi connectivity index (χ0n) is 11.3. The largest absolute Gasteiger partial charge is 0.328 e. The molecule has 1 fully saturated rings. The fourth-order valence-corrected chi connectivity index (χ4v) is 3.17. The maximum Gasteiger partial charge on any atom is 0.224 e. The van der Waals surface area contributed by atoms with Crippen LogP contribution in [0.15, 0.2) is 22.7 Å². The number of amides is 1. The van der Waals surface area contributed by atoms with Crippen molar-refractivity contribution < 1.29 is 4.79 Å². The topological polar surface area (TPSA) is 55.1 Å². The first-order valence-corrected chi connectivity index (χ1v) is 7.65. The zero-order chi connectivity index (χ0) is 13.8. The van der Waals surface area contributed by atoms with Crippen LogP contribution in [0.4, 0.5) is 5.69 Å². The lowest BCUT2D eigenvalue weighted by Gasteiger charge is -2.25. The van der Waals surface area contributed by atoms with Crippen molar-refractivity contribution in [2.75, 3.05) is 5.32 Å². The molecular formula is C15H21BrN2O. The molecule has 0 aliphatic heterocycles. The van der Waals surface area contributed by atoms with E-state index < -0.39 is 0 Å². The third kappa shape index (κ3) is 4.32. The van der Waals surface area contributed by atoms with Gasteiger partial charge in [-0.05, 0) is 72.2 Å². The van der Waals surface area contributed by atoms with E-state index in [0.717, 1.165) is 35.8 Å². The monoisotopic (exact) mass is 324 g/mol. The van der Waals surface area contributed by atoms with E-state index in [-0.39, 0.29) is 5.91 Å². The quantitative estimate of drug-likeness (QED) is 0.892. The molecule has 19 heavy (non-hydrogen) atoms. The van der Waals surface area contributed by atoms with Crippen LogP contribution in [0.3, 0.4) is 0 Å². The number of nitrogens with one attached hydrogen (secondary N) is 1. The van der Waals surface area contributed by atoms with Gasteiger partial charge < -0.3 is 11.1 Å². The highest BCUT2D eigenvalue weighted by Gasteiger charge is 2.21. The third-order valence-corrected chi connectivity index (χ3v) is 4.42. The van der Waals surface area contributed by atoms with Crippen molar-refractivity contribution in [2.45, 2.75) is 45.1 Å². The molecule has 3 nitrogen and oxygen atoms in total. The molecule has 0 saturated heterocycles. The summed E-state index contributed by atoms with van der Waals surface area (Å²) in [5.41, 5.74) is 7.90. The minimum atomic E-state index is 0.102. The van der Waals surface area contributed by atoms with Crippen LogP contribution in [0.25, 0.3) is 0 Å². The molecule has 104 valence electrons. The molecule has 0 aromatic heterocycles. The first-order chi connectivity index (χ1) is 9.04. The first-order valence-electron chi connectivity index (χ1n) is 6.86. The molecule has 1 saturated carbocycles. The summed E-state index contributed by atoms with van der Waals surface area (Å²) in [5.74, 6) is 0.592. The van der Waals surface area contributed by atoms with Crippen LogP contribution < -0.4 is 11.1 Å². The lowest BCUT2D eigenvalue weighted by molar-refractivity contribution is -0.117. The molecule has 0 unspecified atom stereocenters. The van der Waals surface area contributed by atoms with Crippen molar-refractivity contribution in [3.8, 4) is 0 Å². The number of hydrogen-bond donors (Lipinski definition) is 2. The minimum absolute atomic E-state index is 0.102. The summed E-state index contributed by atoms with van der Waals surface area (Å²) in [6, 6.07) is 6.29. The molecule has 1 aromatic rings. The van der Waals surface area contributed by atoms with Gasteiger partial charge in [0.25, 0.3) is 0 Å². The molecule has 0 heterocycles. The molecule has 0 atom stereocenters. The van der Waals surface area contributed by atoms with Crippen LogP contribution >= 0.6 is 15.9 Å². The number of nitrogens with two attached hydrogens (primary N) is 1. The molecule has 1 aliphatic carbocycles. The maximum atomic E-state index is 12.0. The SMILES string of the molecule is Cc1ccc(NC(=O)CC2CCC(N)CC2)c(Br)c1. The second-order valence-electron chi connectivity index (χ2n) is 5.52. The zero-order valence-corrected chi connectivity index (χ0v) is 12.9. The number of anilines is 1. The van der Waals surface area contributed by atoms with Gasteiger partial charge in [-0.25, -0.2) is 0 Å². The summed E-state index contributed by atoms with van der Waals surface area (Å²) < 4.78 is 0.937. The van der Waals surface area contributed by atoms with Gasteiger partial charge in [0.1, 0.15) is 0 Å². The lowest BCUT2D eigenvalue weighted by atomic mass is 9.84. The average Bonchev–Trinajstić information content (AvgIpc) is 2.36. The predicted molar refractivity (Wildman–Crippen MR) is 82.1 cm³/mol. The van der Waals surface area contributed by atoms with E-state index in [9.17, 15) is 4.79 Å². The molecule has 0 spiro atoms. The molecule has 0 bridgehead atoms. The van der Waals surface area contributed by atoms with Crippen LogP contribution in [0.1, 0.15) is 37.7 Å². The Morgan fingerprint density at radius 3 is 2.68 bits per heavy atom. The number of hydrogen-bond acceptors (Lipinski definition) is 2. The number of aryl methyl sites for hydroxylation is 1. The number of halogens is 1. The molecule has 3 N–H and O–H groups in total. The number of benzene rings is 1. The summed E-state index contributed by atoms with van der Waals surface area (Å²) in [4.78, 5) is 12.0. The fourth-order valence-electron chi connectivity index (χ4n) is 2.58. The van der Waals surface area contributed by atoms with E-state index in [4.69, 9.17) is 5.73 Å². The Morgan fingerprint density at radius 2 is 2.05 bits per heavy atom. The van der Waals surface area contributed by atoms with Crippen molar-refractivity contribution in [3.05, 3.63) is 28.2 Å². The van der Waals surface area contributed by atoms with Crippen LogP contribution in [-0.4, -0.2) is 11.9 Å². The Bertz CT molecular complexity index is 453. The van der Waals surface area contributed by atoms with Crippen LogP contribution in [-0.2, 0) is 4.79 Å². The molecule has 2 rings (SSSR count). The highest BCUT2D eigenvalue weighted by atomic mass is 79.9. The second kappa shape index (κ2) is 6.53. The second-order valence-corrected chi connectivity index (χ2v) is 6.37. The van der Waals surface area contributed by atoms with E-state index in [1.807, 2.05) is 25.1 Å². The molecular weight excluding hydrogens is 304 g/mol. The Hall–Kier alpha value is -0.870. The van der Waals surface area contributed by atoms with E-state index in [2.05, 4.69) is 21.2 Å². The van der Waals surface area contributed by atoms with Crippen molar-refractivity contribution in [2.24, 2.45) is 11.7 Å². The van der Waals surface area contributed by atoms with Gasteiger partial charge in [0.2, 0.25) is 5.91 Å². The molecule has 4 heteroatoms. The third-order valence-electron chi connectivity index (χ3n) is 3.76. The minimum Gasteiger partial charge on any atom is -0.328 e. The van der Waals surface area contributed by atoms with Gasteiger partial charge in [-0.2, -0.15) is 0 Å². The average molecular weight is 325 g/mol. The standard InChI is InChI=1S/C15H21BrN2O/c1-10-2-7-14(13(16)8-10)18-15(19)9-11-3-5-12(17)6-4-11/h2,7-8,11-12H,3-6,9,17H2,1H3,(H,18,19). The molecule has 1 aromatic carbocycles. The van der Waals surface area contributed by atoms with Gasteiger partial charge in [-0.1, -0.05) is 6.07 Å². The summed E-state index contributed by atoms with van der Waals surface area (Å²) in [5, 5.41) is 2.98. The highest BCUT2D eigenvalue weighted by Crippen LogP contribution is 2.27. The first kappa shape index (κ1) is 14.5. The smallest absolute Gasteiger partial charge is 0.224 e.